The first-order valence-corrected chi connectivity index (χ1v) is 6.69. The summed E-state index contributed by atoms with van der Waals surface area (Å²) in [6.07, 6.45) is 1.89. The topological polar surface area (TPSA) is 46.0 Å². The highest BCUT2D eigenvalue weighted by atomic mass is 15.4. The molecule has 0 atom stereocenters. The molecule has 0 aromatic carbocycles. The molecule has 1 aliphatic heterocycles. The molecule has 0 unspecified atom stereocenters. The van der Waals surface area contributed by atoms with Gasteiger partial charge in [0.15, 0.2) is 5.82 Å². The molecule has 1 aromatic rings. The Bertz CT molecular complexity index is 341. The molecule has 0 spiro atoms. The Balaban J connectivity index is 1.90. The minimum atomic E-state index is 0.924. The summed E-state index contributed by atoms with van der Waals surface area (Å²) in [4.78, 5) is 7.02. The maximum atomic E-state index is 4.55. The molecule has 17 heavy (non-hydrogen) atoms. The summed E-state index contributed by atoms with van der Waals surface area (Å²) < 4.78 is 2.08. The van der Waals surface area contributed by atoms with E-state index in [2.05, 4.69) is 38.8 Å². The van der Waals surface area contributed by atoms with Gasteiger partial charge in [0.05, 0.1) is 6.54 Å². The monoisotopic (exact) mass is 237 g/mol. The van der Waals surface area contributed by atoms with E-state index in [1.165, 1.54) is 0 Å². The molecule has 0 aliphatic carbocycles. The van der Waals surface area contributed by atoms with Gasteiger partial charge in [0, 0.05) is 45.6 Å². The molecule has 5 heteroatoms. The van der Waals surface area contributed by atoms with Gasteiger partial charge in [-0.1, -0.05) is 13.8 Å². The van der Waals surface area contributed by atoms with Gasteiger partial charge in [0.2, 0.25) is 0 Å². The zero-order valence-corrected chi connectivity index (χ0v) is 10.9. The Morgan fingerprint density at radius 3 is 2.53 bits per heavy atom. The lowest BCUT2D eigenvalue weighted by Gasteiger charge is -2.27. The molecule has 1 aliphatic rings. The third-order valence-electron chi connectivity index (χ3n) is 3.26. The van der Waals surface area contributed by atoms with Crippen molar-refractivity contribution in [1.29, 1.82) is 0 Å². The van der Waals surface area contributed by atoms with E-state index >= 15 is 0 Å². The molecule has 0 bridgehead atoms. The highest BCUT2D eigenvalue weighted by molar-refractivity contribution is 4.92. The minimum absolute atomic E-state index is 0.924. The summed E-state index contributed by atoms with van der Waals surface area (Å²) in [5.41, 5.74) is 0. The van der Waals surface area contributed by atoms with E-state index in [0.717, 1.165) is 63.8 Å². The van der Waals surface area contributed by atoms with Crippen LogP contribution in [0.1, 0.15) is 25.5 Å². The van der Waals surface area contributed by atoms with Crippen LogP contribution in [0.25, 0.3) is 0 Å². The smallest absolute Gasteiger partial charge is 0.150 e. The summed E-state index contributed by atoms with van der Waals surface area (Å²) in [5.74, 6) is 2.10. The zero-order chi connectivity index (χ0) is 12.1. The maximum absolute atomic E-state index is 4.55. The zero-order valence-electron chi connectivity index (χ0n) is 10.9. The van der Waals surface area contributed by atoms with Gasteiger partial charge in [-0.2, -0.15) is 5.10 Å². The third-order valence-corrected chi connectivity index (χ3v) is 3.26. The van der Waals surface area contributed by atoms with Crippen molar-refractivity contribution in [3.8, 4) is 0 Å². The Labute approximate surface area is 103 Å². The molecule has 0 amide bonds. The summed E-state index contributed by atoms with van der Waals surface area (Å²) >= 11 is 0. The van der Waals surface area contributed by atoms with Gasteiger partial charge in [-0.3, -0.25) is 4.90 Å². The van der Waals surface area contributed by atoms with Gasteiger partial charge in [0.1, 0.15) is 5.82 Å². The fraction of sp³-hybridized carbons (Fsp3) is 0.833. The number of piperazine rings is 1. The molecule has 5 nitrogen and oxygen atoms in total. The number of nitrogens with one attached hydrogen (secondary N) is 1. The lowest BCUT2D eigenvalue weighted by molar-refractivity contribution is 0.228. The van der Waals surface area contributed by atoms with Crippen LogP contribution in [0.15, 0.2) is 0 Å². The predicted octanol–water partition coefficient (Wildman–Crippen LogP) is 0.308. The van der Waals surface area contributed by atoms with Crippen molar-refractivity contribution in [3.05, 3.63) is 11.6 Å². The van der Waals surface area contributed by atoms with E-state index in [9.17, 15) is 0 Å². The summed E-state index contributed by atoms with van der Waals surface area (Å²) in [6, 6.07) is 0. The van der Waals surface area contributed by atoms with Crippen molar-refractivity contribution in [2.75, 3.05) is 32.7 Å². The van der Waals surface area contributed by atoms with Gasteiger partial charge in [0.25, 0.3) is 0 Å². The molecule has 0 saturated carbocycles. The first-order valence-electron chi connectivity index (χ1n) is 6.69. The average molecular weight is 237 g/mol. The molecule has 1 aromatic heterocycles. The van der Waals surface area contributed by atoms with E-state index in [1.807, 2.05) is 0 Å². The van der Waals surface area contributed by atoms with Crippen LogP contribution in [0, 0.1) is 0 Å². The number of aryl methyl sites for hydroxylation is 2. The quantitative estimate of drug-likeness (QED) is 0.800. The van der Waals surface area contributed by atoms with Crippen LogP contribution in [0.2, 0.25) is 0 Å². The van der Waals surface area contributed by atoms with Gasteiger partial charge < -0.3 is 5.32 Å². The van der Waals surface area contributed by atoms with Gasteiger partial charge in [-0.25, -0.2) is 9.67 Å². The fourth-order valence-corrected chi connectivity index (χ4v) is 2.19. The van der Waals surface area contributed by atoms with Gasteiger partial charge in [-0.15, -0.1) is 0 Å². The molecule has 0 radical (unpaired) electrons. The second-order valence-electron chi connectivity index (χ2n) is 4.47. The van der Waals surface area contributed by atoms with Crippen LogP contribution >= 0.6 is 0 Å². The summed E-state index contributed by atoms with van der Waals surface area (Å²) in [5, 5.41) is 7.92. The number of aromatic nitrogens is 3. The van der Waals surface area contributed by atoms with E-state index in [-0.39, 0.29) is 0 Å². The normalized spacial score (nSPS) is 17.5. The SMILES string of the molecule is CCc1nc(CC)n(CCN2CCNCC2)n1. The highest BCUT2D eigenvalue weighted by Crippen LogP contribution is 2.02. The lowest BCUT2D eigenvalue weighted by Crippen LogP contribution is -2.44. The molecule has 2 rings (SSSR count). The molecule has 96 valence electrons. The largest absolute Gasteiger partial charge is 0.314 e. The van der Waals surface area contributed by atoms with Crippen LogP contribution in [0.4, 0.5) is 0 Å². The first-order chi connectivity index (χ1) is 8.33. The Kier molecular flexibility index (Phi) is 4.50. The minimum Gasteiger partial charge on any atom is -0.314 e. The molecule has 1 fully saturated rings. The average Bonchev–Trinajstić information content (AvgIpc) is 2.80. The number of hydrogen-bond donors (Lipinski definition) is 1. The third kappa shape index (κ3) is 3.26. The van der Waals surface area contributed by atoms with Crippen molar-refractivity contribution in [1.82, 2.24) is 25.0 Å². The Hall–Kier alpha value is -0.940. The number of nitrogens with zero attached hydrogens (tertiary/aromatic N) is 4. The Morgan fingerprint density at radius 1 is 1.12 bits per heavy atom. The van der Waals surface area contributed by atoms with Gasteiger partial charge >= 0.3 is 0 Å². The standard InChI is InChI=1S/C12H23N5/c1-3-11-14-12(4-2)17(15-11)10-9-16-7-5-13-6-8-16/h13H,3-10H2,1-2H3. The van der Waals surface area contributed by atoms with E-state index in [1.54, 1.807) is 0 Å². The number of rotatable bonds is 5. The van der Waals surface area contributed by atoms with E-state index in [0.29, 0.717) is 0 Å². The highest BCUT2D eigenvalue weighted by Gasteiger charge is 2.11. The Morgan fingerprint density at radius 2 is 1.88 bits per heavy atom. The number of hydrogen-bond acceptors (Lipinski definition) is 4. The molecule has 1 N–H and O–H groups in total. The van der Waals surface area contributed by atoms with Crippen molar-refractivity contribution in [3.63, 3.8) is 0 Å². The first kappa shape index (κ1) is 12.5. The fourth-order valence-electron chi connectivity index (χ4n) is 2.19. The second-order valence-corrected chi connectivity index (χ2v) is 4.47. The van der Waals surface area contributed by atoms with Gasteiger partial charge in [-0.05, 0) is 0 Å². The van der Waals surface area contributed by atoms with Crippen molar-refractivity contribution >= 4 is 0 Å². The van der Waals surface area contributed by atoms with Crippen molar-refractivity contribution in [2.45, 2.75) is 33.2 Å². The van der Waals surface area contributed by atoms with Crippen molar-refractivity contribution in [2.24, 2.45) is 0 Å². The summed E-state index contributed by atoms with van der Waals surface area (Å²) in [6.45, 7) is 10.8. The van der Waals surface area contributed by atoms with E-state index < -0.39 is 0 Å². The molecular formula is C12H23N5. The van der Waals surface area contributed by atoms with E-state index in [4.69, 9.17) is 0 Å². The second kappa shape index (κ2) is 6.12. The van der Waals surface area contributed by atoms with Crippen LogP contribution in [0.5, 0.6) is 0 Å². The lowest BCUT2D eigenvalue weighted by atomic mass is 10.3. The predicted molar refractivity (Wildman–Crippen MR) is 68.1 cm³/mol. The summed E-state index contributed by atoms with van der Waals surface area (Å²) in [7, 11) is 0. The van der Waals surface area contributed by atoms with Crippen LogP contribution in [-0.2, 0) is 19.4 Å². The van der Waals surface area contributed by atoms with Crippen LogP contribution in [0.3, 0.4) is 0 Å². The molecule has 1 saturated heterocycles. The van der Waals surface area contributed by atoms with Crippen molar-refractivity contribution < 1.29 is 0 Å². The molecule has 2 heterocycles. The van der Waals surface area contributed by atoms with Crippen LogP contribution < -0.4 is 5.32 Å². The molecular weight excluding hydrogens is 214 g/mol. The maximum Gasteiger partial charge on any atom is 0.150 e. The van der Waals surface area contributed by atoms with Crippen LogP contribution in [-0.4, -0.2) is 52.4 Å².